The molecule has 0 saturated carbocycles. The number of rotatable bonds is 2. The molecule has 0 bridgehead atoms. The third kappa shape index (κ3) is 1.87. The molecular formula is C11H16N2O2S. The predicted octanol–water partition coefficient (Wildman–Crippen LogP) is 1.44. The quantitative estimate of drug-likeness (QED) is 0.851. The van der Waals surface area contributed by atoms with Gasteiger partial charge in [0.05, 0.1) is 11.9 Å². The van der Waals surface area contributed by atoms with E-state index in [2.05, 4.69) is 5.32 Å². The Bertz CT molecular complexity index is 497. The fourth-order valence-corrected chi connectivity index (χ4v) is 3.16. The largest absolute Gasteiger partial charge is 0.388 e. The highest BCUT2D eigenvalue weighted by molar-refractivity contribution is 7.92. The zero-order valence-electron chi connectivity index (χ0n) is 9.53. The molecule has 0 spiro atoms. The lowest BCUT2D eigenvalue weighted by molar-refractivity contribution is 0.592. The van der Waals surface area contributed by atoms with E-state index in [4.69, 9.17) is 0 Å². The van der Waals surface area contributed by atoms with Gasteiger partial charge in [0.25, 0.3) is 0 Å². The molecule has 0 amide bonds. The van der Waals surface area contributed by atoms with Gasteiger partial charge in [0, 0.05) is 19.3 Å². The molecule has 0 saturated heterocycles. The van der Waals surface area contributed by atoms with E-state index in [1.165, 1.54) is 10.6 Å². The van der Waals surface area contributed by atoms with Gasteiger partial charge >= 0.3 is 0 Å². The van der Waals surface area contributed by atoms with Crippen LogP contribution in [0.2, 0.25) is 0 Å². The first kappa shape index (κ1) is 11.3. The van der Waals surface area contributed by atoms with Crippen molar-refractivity contribution in [3.8, 4) is 0 Å². The fraction of sp³-hybridized carbons (Fsp3) is 0.455. The number of hydrogen-bond donors (Lipinski definition) is 1. The highest BCUT2D eigenvalue weighted by Gasteiger charge is 2.24. The van der Waals surface area contributed by atoms with Gasteiger partial charge in [-0.05, 0) is 30.5 Å². The molecule has 1 aromatic rings. The third-order valence-corrected chi connectivity index (χ3v) is 4.06. The highest BCUT2D eigenvalue weighted by Crippen LogP contribution is 2.33. The van der Waals surface area contributed by atoms with Crippen molar-refractivity contribution in [2.24, 2.45) is 0 Å². The van der Waals surface area contributed by atoms with Gasteiger partial charge < -0.3 is 5.32 Å². The van der Waals surface area contributed by atoms with Gasteiger partial charge in [0.15, 0.2) is 0 Å². The van der Waals surface area contributed by atoms with Gasteiger partial charge in [0.2, 0.25) is 10.0 Å². The molecule has 88 valence electrons. The zero-order valence-corrected chi connectivity index (χ0v) is 10.3. The zero-order chi connectivity index (χ0) is 11.8. The molecule has 0 aliphatic carbocycles. The molecular weight excluding hydrogens is 224 g/mol. The third-order valence-electron chi connectivity index (χ3n) is 2.88. The monoisotopic (exact) mass is 240 g/mol. The number of sulfonamides is 1. The maximum atomic E-state index is 11.7. The maximum Gasteiger partial charge on any atom is 0.232 e. The topological polar surface area (TPSA) is 49.4 Å². The minimum absolute atomic E-state index is 0.582. The molecule has 0 radical (unpaired) electrons. The van der Waals surface area contributed by atoms with Gasteiger partial charge in [0.1, 0.15) is 0 Å². The molecule has 1 aliphatic rings. The molecule has 0 fully saturated rings. The molecule has 1 N–H and O–H groups in total. The minimum atomic E-state index is -3.16. The van der Waals surface area contributed by atoms with Crippen LogP contribution in [-0.2, 0) is 16.4 Å². The molecule has 0 aromatic heterocycles. The normalized spacial score (nSPS) is 15.8. The summed E-state index contributed by atoms with van der Waals surface area (Å²) >= 11 is 0. The van der Waals surface area contributed by atoms with E-state index in [9.17, 15) is 8.42 Å². The molecule has 5 heteroatoms. The van der Waals surface area contributed by atoms with E-state index in [0.29, 0.717) is 6.54 Å². The van der Waals surface area contributed by atoms with Crippen LogP contribution in [0, 0.1) is 0 Å². The number of fused-ring (bicyclic) bond motifs is 1. The number of benzene rings is 1. The van der Waals surface area contributed by atoms with Crippen LogP contribution in [-0.4, -0.2) is 28.3 Å². The summed E-state index contributed by atoms with van der Waals surface area (Å²) in [6, 6.07) is 5.73. The van der Waals surface area contributed by atoms with Crippen molar-refractivity contribution in [3.05, 3.63) is 23.8 Å². The molecule has 2 rings (SSSR count). The van der Waals surface area contributed by atoms with Crippen molar-refractivity contribution in [2.75, 3.05) is 29.5 Å². The van der Waals surface area contributed by atoms with Crippen LogP contribution in [0.3, 0.4) is 0 Å². The average molecular weight is 240 g/mol. The van der Waals surface area contributed by atoms with Crippen molar-refractivity contribution < 1.29 is 8.42 Å². The molecule has 4 nitrogen and oxygen atoms in total. The van der Waals surface area contributed by atoms with Gasteiger partial charge in [-0.2, -0.15) is 0 Å². The minimum Gasteiger partial charge on any atom is -0.388 e. The number of nitrogens with one attached hydrogen (secondary N) is 1. The van der Waals surface area contributed by atoms with Crippen molar-refractivity contribution in [1.29, 1.82) is 0 Å². The lowest BCUT2D eigenvalue weighted by Gasteiger charge is -2.30. The van der Waals surface area contributed by atoms with E-state index in [-0.39, 0.29) is 0 Å². The Morgan fingerprint density at radius 3 is 2.75 bits per heavy atom. The smallest absolute Gasteiger partial charge is 0.232 e. The highest BCUT2D eigenvalue weighted by atomic mass is 32.2. The SMILES string of the molecule is CNc1cccc2c1CCCN2S(C)(=O)=O. The summed E-state index contributed by atoms with van der Waals surface area (Å²) in [4.78, 5) is 0. The van der Waals surface area contributed by atoms with Crippen LogP contribution in [0.25, 0.3) is 0 Å². The predicted molar refractivity (Wildman–Crippen MR) is 66.5 cm³/mol. The van der Waals surface area contributed by atoms with E-state index < -0.39 is 10.0 Å². The Kier molecular flexibility index (Phi) is 2.80. The summed E-state index contributed by atoms with van der Waals surface area (Å²) in [5, 5.41) is 3.11. The first-order valence-corrected chi connectivity index (χ1v) is 7.16. The van der Waals surface area contributed by atoms with Gasteiger partial charge in [-0.25, -0.2) is 8.42 Å². The summed E-state index contributed by atoms with van der Waals surface area (Å²) in [7, 11) is -1.30. The van der Waals surface area contributed by atoms with E-state index in [0.717, 1.165) is 29.8 Å². The summed E-state index contributed by atoms with van der Waals surface area (Å²) in [6.45, 7) is 0.582. The Labute approximate surface area is 96.3 Å². The Hall–Kier alpha value is -1.23. The molecule has 1 heterocycles. The lowest BCUT2D eigenvalue weighted by Crippen LogP contribution is -2.34. The number of hydrogen-bond acceptors (Lipinski definition) is 3. The van der Waals surface area contributed by atoms with E-state index in [1.807, 2.05) is 25.2 Å². The van der Waals surface area contributed by atoms with Crippen LogP contribution in [0.15, 0.2) is 18.2 Å². The van der Waals surface area contributed by atoms with Crippen LogP contribution >= 0.6 is 0 Å². The summed E-state index contributed by atoms with van der Waals surface area (Å²) in [5.41, 5.74) is 2.94. The van der Waals surface area contributed by atoms with Crippen LogP contribution < -0.4 is 9.62 Å². The van der Waals surface area contributed by atoms with Gasteiger partial charge in [-0.1, -0.05) is 6.07 Å². The summed E-state index contributed by atoms with van der Waals surface area (Å²) in [5.74, 6) is 0. The summed E-state index contributed by atoms with van der Waals surface area (Å²) < 4.78 is 24.8. The molecule has 1 aliphatic heterocycles. The van der Waals surface area contributed by atoms with Crippen molar-refractivity contribution in [1.82, 2.24) is 0 Å². The second kappa shape index (κ2) is 3.97. The second-order valence-electron chi connectivity index (χ2n) is 3.99. The Balaban J connectivity index is 2.56. The van der Waals surface area contributed by atoms with E-state index in [1.54, 1.807) is 0 Å². The lowest BCUT2D eigenvalue weighted by atomic mass is 10.0. The molecule has 1 aromatic carbocycles. The molecule has 16 heavy (non-hydrogen) atoms. The summed E-state index contributed by atoms with van der Waals surface area (Å²) in [6.07, 6.45) is 3.06. The van der Waals surface area contributed by atoms with Crippen LogP contribution in [0.1, 0.15) is 12.0 Å². The number of nitrogens with zero attached hydrogens (tertiary/aromatic N) is 1. The number of anilines is 2. The van der Waals surface area contributed by atoms with Crippen molar-refractivity contribution in [2.45, 2.75) is 12.8 Å². The second-order valence-corrected chi connectivity index (χ2v) is 5.90. The maximum absolute atomic E-state index is 11.7. The average Bonchev–Trinajstić information content (AvgIpc) is 2.26. The van der Waals surface area contributed by atoms with Crippen molar-refractivity contribution >= 4 is 21.4 Å². The first-order valence-electron chi connectivity index (χ1n) is 5.31. The Morgan fingerprint density at radius 1 is 1.38 bits per heavy atom. The van der Waals surface area contributed by atoms with Crippen LogP contribution in [0.5, 0.6) is 0 Å². The fourth-order valence-electron chi connectivity index (χ4n) is 2.17. The Morgan fingerprint density at radius 2 is 2.12 bits per heavy atom. The van der Waals surface area contributed by atoms with Crippen LogP contribution in [0.4, 0.5) is 11.4 Å². The van der Waals surface area contributed by atoms with E-state index >= 15 is 0 Å². The standard InChI is InChI=1S/C11H16N2O2S/c1-12-10-6-3-7-11-9(10)5-4-8-13(11)16(2,14)15/h3,6-7,12H,4-5,8H2,1-2H3. The van der Waals surface area contributed by atoms with Gasteiger partial charge in [-0.3, -0.25) is 4.31 Å². The molecule has 0 unspecified atom stereocenters. The first-order chi connectivity index (χ1) is 7.54. The molecule has 0 atom stereocenters. The van der Waals surface area contributed by atoms with Gasteiger partial charge in [-0.15, -0.1) is 0 Å². The van der Waals surface area contributed by atoms with Crippen molar-refractivity contribution in [3.63, 3.8) is 0 Å².